The summed E-state index contributed by atoms with van der Waals surface area (Å²) in [6.45, 7) is 2.20. The Morgan fingerprint density at radius 3 is 2.00 bits per heavy atom. The van der Waals surface area contributed by atoms with Crippen molar-refractivity contribution in [3.05, 3.63) is 59.7 Å². The lowest BCUT2D eigenvalue weighted by atomic mass is 9.75. The van der Waals surface area contributed by atoms with E-state index in [1.165, 1.54) is 22.3 Å². The summed E-state index contributed by atoms with van der Waals surface area (Å²) in [6, 6.07) is 17.2. The molecule has 1 fully saturated rings. The molecule has 0 unspecified atom stereocenters. The number of rotatable bonds is 1. The van der Waals surface area contributed by atoms with Crippen molar-refractivity contribution in [1.29, 1.82) is 0 Å². The molecule has 0 spiro atoms. The molecule has 0 heterocycles. The van der Waals surface area contributed by atoms with E-state index in [1.54, 1.807) is 0 Å². The first kappa shape index (κ1) is 12.2. The Bertz CT molecular complexity index is 615. The second-order valence-corrected chi connectivity index (χ2v) is 6.39. The lowest BCUT2D eigenvalue weighted by Gasteiger charge is -2.35. The minimum Gasteiger partial charge on any atom is -0.389 e. The first-order chi connectivity index (χ1) is 9.72. The van der Waals surface area contributed by atoms with E-state index in [4.69, 9.17) is 0 Å². The molecule has 0 amide bonds. The molecule has 1 nitrogen and oxygen atoms in total. The molecule has 0 radical (unpaired) electrons. The van der Waals surface area contributed by atoms with Crippen LogP contribution in [0.1, 0.15) is 43.2 Å². The molecule has 102 valence electrons. The van der Waals surface area contributed by atoms with Gasteiger partial charge >= 0.3 is 0 Å². The van der Waals surface area contributed by atoms with E-state index >= 15 is 0 Å². The third kappa shape index (κ3) is 1.47. The minimum atomic E-state index is -0.581. The van der Waals surface area contributed by atoms with Crippen molar-refractivity contribution in [3.63, 3.8) is 0 Å². The zero-order chi connectivity index (χ0) is 13.7. The first-order valence-corrected chi connectivity index (χ1v) is 7.62. The lowest BCUT2D eigenvalue weighted by molar-refractivity contribution is -0.00549. The van der Waals surface area contributed by atoms with Gasteiger partial charge in [0.15, 0.2) is 0 Å². The van der Waals surface area contributed by atoms with Crippen LogP contribution in [0.5, 0.6) is 0 Å². The Labute approximate surface area is 120 Å². The first-order valence-electron chi connectivity index (χ1n) is 7.62. The summed E-state index contributed by atoms with van der Waals surface area (Å²) < 4.78 is 0. The van der Waals surface area contributed by atoms with Gasteiger partial charge < -0.3 is 5.11 Å². The zero-order valence-electron chi connectivity index (χ0n) is 11.8. The average molecular weight is 264 g/mol. The predicted octanol–water partition coefficient (Wildman–Crippen LogP) is 4.35. The number of fused-ring (bicyclic) bond motifs is 3. The molecule has 1 saturated carbocycles. The van der Waals surface area contributed by atoms with Crippen molar-refractivity contribution in [2.45, 2.75) is 37.7 Å². The van der Waals surface area contributed by atoms with Crippen LogP contribution in [0.3, 0.4) is 0 Å². The monoisotopic (exact) mass is 264 g/mol. The predicted molar refractivity (Wildman–Crippen MR) is 81.7 cm³/mol. The smallest absolute Gasteiger partial charge is 0.0782 e. The second-order valence-electron chi connectivity index (χ2n) is 6.39. The van der Waals surface area contributed by atoms with Gasteiger partial charge in [-0.05, 0) is 41.0 Å². The third-order valence-corrected chi connectivity index (χ3v) is 5.40. The van der Waals surface area contributed by atoms with Crippen LogP contribution in [-0.4, -0.2) is 10.7 Å². The fourth-order valence-electron chi connectivity index (χ4n) is 4.31. The van der Waals surface area contributed by atoms with Gasteiger partial charge in [-0.2, -0.15) is 0 Å². The molecule has 0 saturated heterocycles. The third-order valence-electron chi connectivity index (χ3n) is 5.40. The maximum absolute atomic E-state index is 11.4. The Morgan fingerprint density at radius 1 is 0.950 bits per heavy atom. The maximum Gasteiger partial charge on any atom is 0.0782 e. The van der Waals surface area contributed by atoms with Crippen LogP contribution in [0.25, 0.3) is 11.1 Å². The van der Waals surface area contributed by atoms with Gasteiger partial charge in [-0.15, -0.1) is 0 Å². The fraction of sp³-hybridized carbons (Fsp3) is 0.368. The maximum atomic E-state index is 11.4. The Hall–Kier alpha value is -1.60. The van der Waals surface area contributed by atoms with E-state index in [0.717, 1.165) is 19.3 Å². The van der Waals surface area contributed by atoms with Crippen LogP contribution >= 0.6 is 0 Å². The van der Waals surface area contributed by atoms with E-state index in [9.17, 15) is 5.11 Å². The summed E-state index contributed by atoms with van der Waals surface area (Å²) in [6.07, 6.45) is 3.19. The number of aliphatic hydroxyl groups is 1. The molecule has 2 aromatic carbocycles. The molecule has 0 aliphatic heterocycles. The Kier molecular flexibility index (Phi) is 2.55. The molecule has 1 heteroatoms. The van der Waals surface area contributed by atoms with Gasteiger partial charge in [-0.3, -0.25) is 0 Å². The van der Waals surface area contributed by atoms with Crippen molar-refractivity contribution in [2.75, 3.05) is 0 Å². The van der Waals surface area contributed by atoms with E-state index in [1.807, 2.05) is 0 Å². The van der Waals surface area contributed by atoms with Crippen LogP contribution in [0.4, 0.5) is 0 Å². The van der Waals surface area contributed by atoms with Crippen LogP contribution in [0.15, 0.2) is 48.5 Å². The number of hydrogen-bond donors (Lipinski definition) is 1. The summed E-state index contributed by atoms with van der Waals surface area (Å²) in [7, 11) is 0. The van der Waals surface area contributed by atoms with Gasteiger partial charge in [0.05, 0.1) is 5.60 Å². The quantitative estimate of drug-likeness (QED) is 0.812. The van der Waals surface area contributed by atoms with Crippen molar-refractivity contribution >= 4 is 0 Å². The van der Waals surface area contributed by atoms with Gasteiger partial charge in [0, 0.05) is 5.92 Å². The zero-order valence-corrected chi connectivity index (χ0v) is 11.8. The standard InChI is InChI=1S/C19H20O/c1-13-7-6-12-19(13,20)18-16-10-4-2-8-14(16)15-9-3-5-11-17(15)18/h2-5,8-11,13,18,20H,6-7,12H2,1H3/t13-,19+/m0/s1. The summed E-state index contributed by atoms with van der Waals surface area (Å²) in [5.41, 5.74) is 4.65. The largest absolute Gasteiger partial charge is 0.389 e. The highest BCUT2D eigenvalue weighted by molar-refractivity contribution is 5.79. The van der Waals surface area contributed by atoms with Crippen LogP contribution in [0, 0.1) is 5.92 Å². The SMILES string of the molecule is C[C@H]1CCC[C@]1(O)C1c2ccccc2-c2ccccc21. The molecule has 2 aliphatic carbocycles. The van der Waals surface area contributed by atoms with Crippen molar-refractivity contribution < 1.29 is 5.11 Å². The highest BCUT2D eigenvalue weighted by Gasteiger charge is 2.49. The van der Waals surface area contributed by atoms with Crippen molar-refractivity contribution in [2.24, 2.45) is 5.92 Å². The molecule has 1 N–H and O–H groups in total. The molecular weight excluding hydrogens is 244 g/mol. The Morgan fingerprint density at radius 2 is 1.50 bits per heavy atom. The summed E-state index contributed by atoms with van der Waals surface area (Å²) in [4.78, 5) is 0. The average Bonchev–Trinajstić information content (AvgIpc) is 2.98. The highest BCUT2D eigenvalue weighted by Crippen LogP contribution is 2.55. The van der Waals surface area contributed by atoms with Crippen LogP contribution in [0.2, 0.25) is 0 Å². The van der Waals surface area contributed by atoms with Crippen LogP contribution in [-0.2, 0) is 0 Å². The van der Waals surface area contributed by atoms with E-state index < -0.39 is 5.60 Å². The summed E-state index contributed by atoms with van der Waals surface area (Å²) in [5, 5.41) is 11.4. The normalized spacial score (nSPS) is 28.4. The van der Waals surface area contributed by atoms with Crippen molar-refractivity contribution in [3.8, 4) is 11.1 Å². The molecule has 2 aliphatic rings. The second kappa shape index (κ2) is 4.20. The van der Waals surface area contributed by atoms with Gasteiger partial charge in [0.25, 0.3) is 0 Å². The van der Waals surface area contributed by atoms with E-state index in [-0.39, 0.29) is 5.92 Å². The van der Waals surface area contributed by atoms with E-state index in [0.29, 0.717) is 5.92 Å². The van der Waals surface area contributed by atoms with Crippen molar-refractivity contribution in [1.82, 2.24) is 0 Å². The van der Waals surface area contributed by atoms with Gasteiger partial charge in [-0.1, -0.05) is 61.9 Å². The molecule has 4 rings (SSSR count). The molecule has 0 aromatic heterocycles. The fourth-order valence-corrected chi connectivity index (χ4v) is 4.31. The summed E-state index contributed by atoms with van der Waals surface area (Å²) >= 11 is 0. The molecule has 2 aromatic rings. The number of hydrogen-bond acceptors (Lipinski definition) is 1. The van der Waals surface area contributed by atoms with E-state index in [2.05, 4.69) is 55.5 Å². The summed E-state index contributed by atoms with van der Waals surface area (Å²) in [5.74, 6) is 0.513. The lowest BCUT2D eigenvalue weighted by Crippen LogP contribution is -2.38. The molecule has 0 bridgehead atoms. The topological polar surface area (TPSA) is 20.2 Å². The molecule has 2 atom stereocenters. The Balaban J connectivity index is 1.96. The highest BCUT2D eigenvalue weighted by atomic mass is 16.3. The molecule has 20 heavy (non-hydrogen) atoms. The van der Waals surface area contributed by atoms with Gasteiger partial charge in [0.2, 0.25) is 0 Å². The van der Waals surface area contributed by atoms with Crippen LogP contribution < -0.4 is 0 Å². The molecular formula is C19H20O. The number of benzene rings is 2. The minimum absolute atomic E-state index is 0.146. The van der Waals surface area contributed by atoms with Gasteiger partial charge in [0.1, 0.15) is 0 Å². The van der Waals surface area contributed by atoms with Gasteiger partial charge in [-0.25, -0.2) is 0 Å².